The molecule has 1 heterocycles. The van der Waals surface area contributed by atoms with E-state index < -0.39 is 10.0 Å². The third-order valence-electron chi connectivity index (χ3n) is 4.84. The fraction of sp³-hybridized carbons (Fsp3) is 0.273. The molecule has 0 N–H and O–H groups in total. The fourth-order valence-electron chi connectivity index (χ4n) is 3.18. The molecular weight excluding hydrogens is 388 g/mol. The second-order valence-electron chi connectivity index (χ2n) is 6.76. The lowest BCUT2D eigenvalue weighted by molar-refractivity contribution is -0.148. The molecule has 29 heavy (non-hydrogen) atoms. The van der Waals surface area contributed by atoms with E-state index in [2.05, 4.69) is 0 Å². The molecule has 0 atom stereocenters. The second kappa shape index (κ2) is 9.50. The number of ether oxygens (including phenoxy) is 1. The number of benzene rings is 2. The number of piperidine rings is 1. The third kappa shape index (κ3) is 5.31. The van der Waals surface area contributed by atoms with E-state index in [4.69, 9.17) is 10.00 Å². The third-order valence-corrected chi connectivity index (χ3v) is 6.75. The van der Waals surface area contributed by atoms with Crippen molar-refractivity contribution in [2.75, 3.05) is 19.7 Å². The Hall–Kier alpha value is -2.95. The first-order valence-electron chi connectivity index (χ1n) is 9.39. The molecule has 7 heteroatoms. The van der Waals surface area contributed by atoms with Gasteiger partial charge in [0.25, 0.3) is 0 Å². The zero-order valence-electron chi connectivity index (χ0n) is 15.9. The molecule has 0 amide bonds. The first kappa shape index (κ1) is 20.8. The predicted octanol–water partition coefficient (Wildman–Crippen LogP) is 3.22. The van der Waals surface area contributed by atoms with Gasteiger partial charge in [0.15, 0.2) is 0 Å². The molecule has 0 aromatic heterocycles. The molecular formula is C22H22N2O4S. The molecule has 0 saturated carbocycles. The Labute approximate surface area is 171 Å². The Morgan fingerprint density at radius 1 is 1.10 bits per heavy atom. The molecule has 2 aromatic carbocycles. The highest BCUT2D eigenvalue weighted by Gasteiger charge is 2.32. The molecule has 0 radical (unpaired) electrons. The number of rotatable bonds is 6. The van der Waals surface area contributed by atoms with Crippen LogP contribution in [0.5, 0.6) is 0 Å². The normalized spacial score (nSPS) is 15.8. The van der Waals surface area contributed by atoms with Gasteiger partial charge in [0.1, 0.15) is 6.61 Å². The molecule has 0 spiro atoms. The zero-order chi connectivity index (χ0) is 20.7. The first-order chi connectivity index (χ1) is 14.0. The van der Waals surface area contributed by atoms with E-state index in [0.717, 1.165) is 5.56 Å². The highest BCUT2D eigenvalue weighted by atomic mass is 32.2. The Morgan fingerprint density at radius 3 is 2.38 bits per heavy atom. The topological polar surface area (TPSA) is 87.5 Å². The van der Waals surface area contributed by atoms with Crippen molar-refractivity contribution in [1.29, 1.82) is 5.26 Å². The van der Waals surface area contributed by atoms with Crippen LogP contribution in [-0.2, 0) is 19.6 Å². The van der Waals surface area contributed by atoms with Gasteiger partial charge in [-0.15, -0.1) is 0 Å². The van der Waals surface area contributed by atoms with Crippen LogP contribution in [0.3, 0.4) is 0 Å². The van der Waals surface area contributed by atoms with Crippen LogP contribution in [-0.4, -0.2) is 38.4 Å². The Kier molecular flexibility index (Phi) is 6.81. The highest BCUT2D eigenvalue weighted by molar-refractivity contribution is 7.89. The molecule has 1 fully saturated rings. The predicted molar refractivity (Wildman–Crippen MR) is 109 cm³/mol. The number of hydrogen-bond donors (Lipinski definition) is 0. The van der Waals surface area contributed by atoms with E-state index in [9.17, 15) is 13.2 Å². The smallest absolute Gasteiger partial charge is 0.309 e. The van der Waals surface area contributed by atoms with Gasteiger partial charge in [0, 0.05) is 13.1 Å². The van der Waals surface area contributed by atoms with Crippen molar-refractivity contribution in [3.8, 4) is 6.07 Å². The zero-order valence-corrected chi connectivity index (χ0v) is 16.7. The van der Waals surface area contributed by atoms with Crippen LogP contribution >= 0.6 is 0 Å². The van der Waals surface area contributed by atoms with Gasteiger partial charge < -0.3 is 4.74 Å². The number of carbonyl (C=O) groups is 1. The quantitative estimate of drug-likeness (QED) is 0.683. The SMILES string of the molecule is N#Cc1ccc(S(=O)(=O)N2CCC(C(=O)OC/C=C/c3ccccc3)CC2)cc1. The maximum atomic E-state index is 12.7. The van der Waals surface area contributed by atoms with Gasteiger partial charge in [-0.05, 0) is 48.7 Å². The van der Waals surface area contributed by atoms with Crippen LogP contribution in [0.25, 0.3) is 6.08 Å². The number of nitriles is 1. The summed E-state index contributed by atoms with van der Waals surface area (Å²) in [5, 5.41) is 8.84. The molecule has 0 bridgehead atoms. The summed E-state index contributed by atoms with van der Waals surface area (Å²) in [4.78, 5) is 12.4. The van der Waals surface area contributed by atoms with Gasteiger partial charge in [-0.25, -0.2) is 8.42 Å². The first-order valence-corrected chi connectivity index (χ1v) is 10.8. The Balaban J connectivity index is 1.49. The fourth-order valence-corrected chi connectivity index (χ4v) is 4.65. The summed E-state index contributed by atoms with van der Waals surface area (Å²) in [5.41, 5.74) is 1.44. The van der Waals surface area contributed by atoms with Crippen molar-refractivity contribution in [3.05, 3.63) is 71.8 Å². The molecule has 1 aliphatic heterocycles. The number of esters is 1. The number of hydrogen-bond acceptors (Lipinski definition) is 5. The summed E-state index contributed by atoms with van der Waals surface area (Å²) in [5.74, 6) is -0.592. The molecule has 0 unspecified atom stereocenters. The minimum Gasteiger partial charge on any atom is -0.461 e. The van der Waals surface area contributed by atoms with Crippen molar-refractivity contribution in [3.63, 3.8) is 0 Å². The lowest BCUT2D eigenvalue weighted by Crippen LogP contribution is -2.40. The Morgan fingerprint density at radius 2 is 1.76 bits per heavy atom. The summed E-state index contributed by atoms with van der Waals surface area (Å²) in [6, 6.07) is 17.5. The lowest BCUT2D eigenvalue weighted by atomic mass is 9.98. The van der Waals surface area contributed by atoms with Crippen LogP contribution in [0.15, 0.2) is 65.6 Å². The van der Waals surface area contributed by atoms with Gasteiger partial charge in [-0.1, -0.05) is 36.4 Å². The molecule has 150 valence electrons. The minimum atomic E-state index is -3.63. The monoisotopic (exact) mass is 410 g/mol. The van der Waals surface area contributed by atoms with E-state index in [1.807, 2.05) is 42.5 Å². The maximum absolute atomic E-state index is 12.7. The van der Waals surface area contributed by atoms with Crippen LogP contribution in [0, 0.1) is 17.2 Å². The minimum absolute atomic E-state index is 0.156. The summed E-state index contributed by atoms with van der Waals surface area (Å²) in [7, 11) is -3.63. The largest absolute Gasteiger partial charge is 0.461 e. The lowest BCUT2D eigenvalue weighted by Gasteiger charge is -2.30. The standard InChI is InChI=1S/C22H22N2O4S/c23-17-19-8-10-21(11-9-19)29(26,27)24-14-12-20(13-15-24)22(25)28-16-4-7-18-5-2-1-3-6-18/h1-11,20H,12-16H2/b7-4+. The summed E-state index contributed by atoms with van der Waals surface area (Å²) < 4.78 is 32.1. The average molecular weight is 410 g/mol. The van der Waals surface area contributed by atoms with Gasteiger partial charge >= 0.3 is 5.97 Å². The average Bonchev–Trinajstić information content (AvgIpc) is 2.77. The molecule has 2 aromatic rings. The molecule has 3 rings (SSSR count). The summed E-state index contributed by atoms with van der Waals surface area (Å²) in [6.45, 7) is 0.724. The van der Waals surface area contributed by atoms with Crippen molar-refractivity contribution < 1.29 is 17.9 Å². The van der Waals surface area contributed by atoms with E-state index in [0.29, 0.717) is 18.4 Å². The van der Waals surface area contributed by atoms with Gasteiger partial charge in [0.2, 0.25) is 10.0 Å². The van der Waals surface area contributed by atoms with Crippen molar-refractivity contribution in [1.82, 2.24) is 4.31 Å². The number of carbonyl (C=O) groups excluding carboxylic acids is 1. The van der Waals surface area contributed by atoms with E-state index >= 15 is 0 Å². The van der Waals surface area contributed by atoms with Crippen LogP contribution in [0.2, 0.25) is 0 Å². The van der Waals surface area contributed by atoms with Crippen molar-refractivity contribution >= 4 is 22.1 Å². The van der Waals surface area contributed by atoms with Gasteiger partial charge in [0.05, 0.1) is 22.4 Å². The van der Waals surface area contributed by atoms with E-state index in [1.165, 1.54) is 28.6 Å². The summed E-state index contributed by atoms with van der Waals surface area (Å²) in [6.07, 6.45) is 4.53. The maximum Gasteiger partial charge on any atom is 0.309 e. The number of sulfonamides is 1. The second-order valence-corrected chi connectivity index (χ2v) is 8.70. The van der Waals surface area contributed by atoms with Crippen molar-refractivity contribution in [2.45, 2.75) is 17.7 Å². The van der Waals surface area contributed by atoms with Crippen LogP contribution in [0.1, 0.15) is 24.0 Å². The molecule has 6 nitrogen and oxygen atoms in total. The van der Waals surface area contributed by atoms with Crippen LogP contribution < -0.4 is 0 Å². The van der Waals surface area contributed by atoms with E-state index in [-0.39, 0.29) is 36.5 Å². The molecule has 1 saturated heterocycles. The molecule has 1 aliphatic rings. The van der Waals surface area contributed by atoms with Crippen LogP contribution in [0.4, 0.5) is 0 Å². The Bertz CT molecular complexity index is 1000. The number of nitrogens with zero attached hydrogens (tertiary/aromatic N) is 2. The van der Waals surface area contributed by atoms with E-state index in [1.54, 1.807) is 6.08 Å². The van der Waals surface area contributed by atoms with Gasteiger partial charge in [-0.2, -0.15) is 9.57 Å². The van der Waals surface area contributed by atoms with Crippen molar-refractivity contribution in [2.24, 2.45) is 5.92 Å². The molecule has 0 aliphatic carbocycles. The highest BCUT2D eigenvalue weighted by Crippen LogP contribution is 2.24. The summed E-state index contributed by atoms with van der Waals surface area (Å²) >= 11 is 0. The van der Waals surface area contributed by atoms with Gasteiger partial charge in [-0.3, -0.25) is 4.79 Å².